The van der Waals surface area contributed by atoms with Gasteiger partial charge in [0.05, 0.1) is 6.33 Å². The molecule has 2 aromatic heterocycles. The largest absolute Gasteiger partial charge is 0.482 e. The molecule has 4 rings (SSSR count). The molecular formula is C18H18FN5O3. The van der Waals surface area contributed by atoms with Crippen molar-refractivity contribution in [1.82, 2.24) is 20.1 Å². The molecule has 3 aromatic rings. The molecule has 0 bridgehead atoms. The highest BCUT2D eigenvalue weighted by Crippen LogP contribution is 2.28. The van der Waals surface area contributed by atoms with Crippen molar-refractivity contribution in [2.24, 2.45) is 0 Å². The van der Waals surface area contributed by atoms with Crippen LogP contribution in [-0.4, -0.2) is 33.2 Å². The maximum atomic E-state index is 13.6. The molecule has 1 fully saturated rings. The van der Waals surface area contributed by atoms with Gasteiger partial charge in [-0.1, -0.05) is 17.3 Å². The molecule has 27 heavy (non-hydrogen) atoms. The van der Waals surface area contributed by atoms with E-state index in [4.69, 9.17) is 9.26 Å². The lowest BCUT2D eigenvalue weighted by Gasteiger charge is -2.30. The number of halogens is 1. The molecule has 1 aliphatic rings. The Balaban J connectivity index is 1.34. The number of para-hydroxylation sites is 1. The van der Waals surface area contributed by atoms with Gasteiger partial charge in [0.25, 0.3) is 5.56 Å². The molecule has 0 saturated carbocycles. The molecule has 1 N–H and O–H groups in total. The van der Waals surface area contributed by atoms with Crippen LogP contribution in [0.1, 0.15) is 30.5 Å². The topological polar surface area (TPSA) is 97.1 Å². The summed E-state index contributed by atoms with van der Waals surface area (Å²) in [6.45, 7) is 1.52. The van der Waals surface area contributed by atoms with Gasteiger partial charge in [-0.3, -0.25) is 4.79 Å². The molecule has 9 heteroatoms. The van der Waals surface area contributed by atoms with Gasteiger partial charge in [-0.2, -0.15) is 4.98 Å². The summed E-state index contributed by atoms with van der Waals surface area (Å²) < 4.78 is 24.3. The third kappa shape index (κ3) is 3.97. The number of hydrogen-bond donors (Lipinski definition) is 1. The SMILES string of the molecule is O=c1cc(N2CCC(c3nc(COc4ccccc4F)no3)CC2)nc[nH]1. The van der Waals surface area contributed by atoms with E-state index < -0.39 is 5.82 Å². The van der Waals surface area contributed by atoms with E-state index >= 15 is 0 Å². The Morgan fingerprint density at radius 1 is 1.30 bits per heavy atom. The summed E-state index contributed by atoms with van der Waals surface area (Å²) in [6.07, 6.45) is 3.03. The molecule has 0 spiro atoms. The summed E-state index contributed by atoms with van der Waals surface area (Å²) >= 11 is 0. The zero-order chi connectivity index (χ0) is 18.6. The first-order valence-electron chi connectivity index (χ1n) is 8.68. The van der Waals surface area contributed by atoms with Gasteiger partial charge in [-0.25, -0.2) is 9.37 Å². The number of piperidine rings is 1. The van der Waals surface area contributed by atoms with E-state index in [-0.39, 0.29) is 23.8 Å². The van der Waals surface area contributed by atoms with Crippen LogP contribution in [0.4, 0.5) is 10.2 Å². The second-order valence-electron chi connectivity index (χ2n) is 6.30. The average molecular weight is 371 g/mol. The van der Waals surface area contributed by atoms with Crippen LogP contribution in [0, 0.1) is 5.82 Å². The van der Waals surface area contributed by atoms with Crippen LogP contribution < -0.4 is 15.2 Å². The first kappa shape index (κ1) is 17.2. The number of nitrogens with one attached hydrogen (secondary N) is 1. The fraction of sp³-hybridized carbons (Fsp3) is 0.333. The van der Waals surface area contributed by atoms with Crippen LogP contribution in [0.5, 0.6) is 5.75 Å². The number of hydrogen-bond acceptors (Lipinski definition) is 7. The number of nitrogens with zero attached hydrogens (tertiary/aromatic N) is 4. The van der Waals surface area contributed by atoms with Crippen molar-refractivity contribution >= 4 is 5.82 Å². The summed E-state index contributed by atoms with van der Waals surface area (Å²) in [7, 11) is 0. The second kappa shape index (κ2) is 7.56. The van der Waals surface area contributed by atoms with Gasteiger partial charge in [-0.05, 0) is 25.0 Å². The van der Waals surface area contributed by atoms with E-state index in [0.29, 0.717) is 17.5 Å². The van der Waals surface area contributed by atoms with Gasteiger partial charge >= 0.3 is 0 Å². The molecule has 0 unspecified atom stereocenters. The summed E-state index contributed by atoms with van der Waals surface area (Å²) in [5.74, 6) is 1.47. The van der Waals surface area contributed by atoms with Crippen molar-refractivity contribution in [2.75, 3.05) is 18.0 Å². The van der Waals surface area contributed by atoms with Crippen molar-refractivity contribution in [3.8, 4) is 5.75 Å². The lowest BCUT2D eigenvalue weighted by atomic mass is 9.97. The quantitative estimate of drug-likeness (QED) is 0.735. The highest BCUT2D eigenvalue weighted by molar-refractivity contribution is 5.37. The Bertz CT molecular complexity index is 965. The lowest BCUT2D eigenvalue weighted by Crippen LogP contribution is -2.34. The molecule has 1 aliphatic heterocycles. The van der Waals surface area contributed by atoms with Crippen LogP contribution in [0.3, 0.4) is 0 Å². The molecule has 0 radical (unpaired) electrons. The molecule has 8 nitrogen and oxygen atoms in total. The first-order chi connectivity index (χ1) is 13.2. The minimum Gasteiger partial charge on any atom is -0.482 e. The number of aromatic nitrogens is 4. The number of benzene rings is 1. The third-order valence-corrected chi connectivity index (χ3v) is 4.51. The highest BCUT2D eigenvalue weighted by Gasteiger charge is 2.26. The van der Waals surface area contributed by atoms with Gasteiger partial charge in [0, 0.05) is 25.1 Å². The average Bonchev–Trinajstić information content (AvgIpc) is 3.17. The van der Waals surface area contributed by atoms with E-state index in [1.165, 1.54) is 18.5 Å². The van der Waals surface area contributed by atoms with Gasteiger partial charge < -0.3 is 19.1 Å². The molecule has 1 aromatic carbocycles. The minimum absolute atomic E-state index is 0.0417. The van der Waals surface area contributed by atoms with Gasteiger partial charge in [0.2, 0.25) is 11.7 Å². The molecule has 0 amide bonds. The van der Waals surface area contributed by atoms with Crippen molar-refractivity contribution in [2.45, 2.75) is 25.4 Å². The normalized spacial score (nSPS) is 15.1. The fourth-order valence-electron chi connectivity index (χ4n) is 3.08. The maximum Gasteiger partial charge on any atom is 0.252 e. The van der Waals surface area contributed by atoms with Gasteiger partial charge in [-0.15, -0.1) is 0 Å². The first-order valence-corrected chi connectivity index (χ1v) is 8.68. The standard InChI is InChI=1S/C18H18FN5O3/c19-13-3-1-2-4-14(13)26-10-15-22-18(27-23-15)12-5-7-24(8-6-12)16-9-17(25)21-11-20-16/h1-4,9,11-12H,5-8,10H2,(H,20,21,25). The highest BCUT2D eigenvalue weighted by atomic mass is 19.1. The molecular weight excluding hydrogens is 353 g/mol. The van der Waals surface area contributed by atoms with Crippen molar-refractivity contribution in [1.29, 1.82) is 0 Å². The van der Waals surface area contributed by atoms with Gasteiger partial charge in [0.15, 0.2) is 18.2 Å². The van der Waals surface area contributed by atoms with Crippen LogP contribution in [0.25, 0.3) is 0 Å². The predicted octanol–water partition coefficient (Wildman–Crippen LogP) is 2.25. The van der Waals surface area contributed by atoms with Crippen LogP contribution in [0.15, 0.2) is 46.0 Å². The van der Waals surface area contributed by atoms with E-state index in [9.17, 15) is 9.18 Å². The predicted molar refractivity (Wildman–Crippen MR) is 94.1 cm³/mol. The maximum absolute atomic E-state index is 13.6. The lowest BCUT2D eigenvalue weighted by molar-refractivity contribution is 0.270. The second-order valence-corrected chi connectivity index (χ2v) is 6.30. The molecule has 0 aliphatic carbocycles. The number of H-pyrrole nitrogens is 1. The Morgan fingerprint density at radius 2 is 2.11 bits per heavy atom. The Kier molecular flexibility index (Phi) is 4.82. The molecule has 3 heterocycles. The van der Waals surface area contributed by atoms with Crippen LogP contribution in [0.2, 0.25) is 0 Å². The molecule has 1 saturated heterocycles. The van der Waals surface area contributed by atoms with Crippen molar-refractivity contribution < 1.29 is 13.7 Å². The summed E-state index contributed by atoms with van der Waals surface area (Å²) in [6, 6.07) is 7.67. The minimum atomic E-state index is -0.429. The third-order valence-electron chi connectivity index (χ3n) is 4.51. The van der Waals surface area contributed by atoms with E-state index in [1.54, 1.807) is 18.2 Å². The number of aromatic amines is 1. The number of anilines is 1. The molecule has 0 atom stereocenters. The fourth-order valence-corrected chi connectivity index (χ4v) is 3.08. The Hall–Kier alpha value is -3.23. The summed E-state index contributed by atoms with van der Waals surface area (Å²) in [5, 5.41) is 3.92. The summed E-state index contributed by atoms with van der Waals surface area (Å²) in [4.78, 5) is 24.6. The van der Waals surface area contributed by atoms with Gasteiger partial charge in [0.1, 0.15) is 5.82 Å². The van der Waals surface area contributed by atoms with E-state index in [1.807, 2.05) is 0 Å². The van der Waals surface area contributed by atoms with E-state index in [0.717, 1.165) is 25.9 Å². The monoisotopic (exact) mass is 371 g/mol. The van der Waals surface area contributed by atoms with Crippen LogP contribution >= 0.6 is 0 Å². The van der Waals surface area contributed by atoms with Crippen LogP contribution in [-0.2, 0) is 6.61 Å². The van der Waals surface area contributed by atoms with E-state index in [2.05, 4.69) is 25.0 Å². The number of rotatable bonds is 5. The van der Waals surface area contributed by atoms with Crippen molar-refractivity contribution in [3.05, 3.63) is 64.5 Å². The molecule has 140 valence electrons. The number of ether oxygens (including phenoxy) is 1. The Labute approximate surface area is 154 Å². The Morgan fingerprint density at radius 3 is 2.89 bits per heavy atom. The van der Waals surface area contributed by atoms with Crippen molar-refractivity contribution in [3.63, 3.8) is 0 Å². The zero-order valence-electron chi connectivity index (χ0n) is 14.5. The summed E-state index contributed by atoms with van der Waals surface area (Å²) in [5.41, 5.74) is -0.168. The smallest absolute Gasteiger partial charge is 0.252 e. The zero-order valence-corrected chi connectivity index (χ0v) is 14.5.